The molecule has 0 aliphatic carbocycles. The Bertz CT molecular complexity index is 569. The van der Waals surface area contributed by atoms with Gasteiger partial charge in [0.25, 0.3) is 0 Å². The Kier molecular flexibility index (Phi) is 3.37. The highest BCUT2D eigenvalue weighted by atomic mass is 79.9. The Balaban J connectivity index is 2.58. The van der Waals surface area contributed by atoms with Gasteiger partial charge in [-0.25, -0.2) is 0 Å². The predicted octanol–water partition coefficient (Wildman–Crippen LogP) is 2.35. The number of hydrogen-bond acceptors (Lipinski definition) is 3. The number of nitrogens with zero attached hydrogens (tertiary/aromatic N) is 2. The van der Waals surface area contributed by atoms with Gasteiger partial charge in [-0.2, -0.15) is 0 Å². The smallest absolute Gasteiger partial charge is 0.106 e. The van der Waals surface area contributed by atoms with Crippen molar-refractivity contribution in [1.82, 2.24) is 9.97 Å². The first-order valence-corrected chi connectivity index (χ1v) is 5.99. The van der Waals surface area contributed by atoms with Crippen LogP contribution in [-0.4, -0.2) is 15.3 Å². The van der Waals surface area contributed by atoms with E-state index in [1.807, 2.05) is 12.1 Å². The molecule has 3 nitrogen and oxygen atoms in total. The highest BCUT2D eigenvalue weighted by Crippen LogP contribution is 2.19. The molecule has 0 aliphatic rings. The molecular weight excluding hydrogens is 266 g/mol. The number of anilines is 1. The van der Waals surface area contributed by atoms with Crippen LogP contribution in [0.15, 0.2) is 24.5 Å². The predicted molar refractivity (Wildman–Crippen MR) is 69.2 cm³/mol. The number of alkyl halides is 1. The number of benzene rings is 1. The van der Waals surface area contributed by atoms with Crippen molar-refractivity contribution in [3.8, 4) is 11.8 Å². The largest absolute Gasteiger partial charge is 0.398 e. The number of rotatable bonds is 1. The molecule has 2 rings (SSSR count). The molecule has 0 atom stereocenters. The van der Waals surface area contributed by atoms with Crippen LogP contribution in [0.5, 0.6) is 0 Å². The summed E-state index contributed by atoms with van der Waals surface area (Å²) in [5.74, 6) is 6.09. The zero-order valence-electron chi connectivity index (χ0n) is 8.57. The second kappa shape index (κ2) is 4.95. The summed E-state index contributed by atoms with van der Waals surface area (Å²) in [4.78, 5) is 8.48. The van der Waals surface area contributed by atoms with Crippen LogP contribution in [0.2, 0.25) is 0 Å². The minimum atomic E-state index is 0.648. The SMILES string of the molecule is Nc1ccc2nccnc2c1C#CCCBr. The second-order valence-electron chi connectivity index (χ2n) is 3.19. The molecule has 16 heavy (non-hydrogen) atoms. The molecule has 80 valence electrons. The normalized spacial score (nSPS) is 9.81. The monoisotopic (exact) mass is 275 g/mol. The van der Waals surface area contributed by atoms with E-state index in [1.54, 1.807) is 12.4 Å². The average Bonchev–Trinajstić information content (AvgIpc) is 2.32. The van der Waals surface area contributed by atoms with Crippen LogP contribution < -0.4 is 5.73 Å². The number of nitrogen functional groups attached to an aromatic ring is 1. The molecule has 0 spiro atoms. The Morgan fingerprint density at radius 1 is 1.25 bits per heavy atom. The fourth-order valence-electron chi connectivity index (χ4n) is 1.38. The molecule has 0 amide bonds. The van der Waals surface area contributed by atoms with E-state index < -0.39 is 0 Å². The Hall–Kier alpha value is -1.60. The first-order valence-electron chi connectivity index (χ1n) is 4.87. The third-order valence-electron chi connectivity index (χ3n) is 2.11. The lowest BCUT2D eigenvalue weighted by Gasteiger charge is -2.01. The maximum Gasteiger partial charge on any atom is 0.106 e. The highest BCUT2D eigenvalue weighted by molar-refractivity contribution is 9.09. The summed E-state index contributed by atoms with van der Waals surface area (Å²) >= 11 is 3.33. The lowest BCUT2D eigenvalue weighted by molar-refractivity contribution is 1.29. The number of halogens is 1. The van der Waals surface area contributed by atoms with Crippen molar-refractivity contribution in [3.05, 3.63) is 30.1 Å². The molecule has 0 unspecified atom stereocenters. The van der Waals surface area contributed by atoms with E-state index >= 15 is 0 Å². The van der Waals surface area contributed by atoms with E-state index in [-0.39, 0.29) is 0 Å². The van der Waals surface area contributed by atoms with Crippen molar-refractivity contribution in [3.63, 3.8) is 0 Å². The van der Waals surface area contributed by atoms with Gasteiger partial charge in [0.1, 0.15) is 5.52 Å². The molecule has 1 aromatic heterocycles. The Morgan fingerprint density at radius 2 is 2.06 bits per heavy atom. The van der Waals surface area contributed by atoms with Gasteiger partial charge < -0.3 is 5.73 Å². The first kappa shape index (κ1) is 10.9. The van der Waals surface area contributed by atoms with Crippen LogP contribution in [-0.2, 0) is 0 Å². The van der Waals surface area contributed by atoms with Gasteiger partial charge in [-0.05, 0) is 12.1 Å². The summed E-state index contributed by atoms with van der Waals surface area (Å²) in [7, 11) is 0. The minimum Gasteiger partial charge on any atom is -0.398 e. The van der Waals surface area contributed by atoms with Gasteiger partial charge in [0, 0.05) is 29.8 Å². The van der Waals surface area contributed by atoms with E-state index in [2.05, 4.69) is 37.7 Å². The summed E-state index contributed by atoms with van der Waals surface area (Å²) in [6.45, 7) is 0. The van der Waals surface area contributed by atoms with Crippen LogP contribution in [0.25, 0.3) is 11.0 Å². The molecule has 2 N–H and O–H groups in total. The van der Waals surface area contributed by atoms with Crippen LogP contribution in [0, 0.1) is 11.8 Å². The summed E-state index contributed by atoms with van der Waals surface area (Å²) in [5, 5.41) is 0.857. The van der Waals surface area contributed by atoms with Crippen molar-refractivity contribution in [2.75, 3.05) is 11.1 Å². The van der Waals surface area contributed by atoms with Gasteiger partial charge >= 0.3 is 0 Å². The van der Waals surface area contributed by atoms with Crippen molar-refractivity contribution in [1.29, 1.82) is 0 Å². The second-order valence-corrected chi connectivity index (χ2v) is 3.99. The fraction of sp³-hybridized carbons (Fsp3) is 0.167. The van der Waals surface area contributed by atoms with Crippen LogP contribution in [0.3, 0.4) is 0 Å². The molecule has 0 aliphatic heterocycles. The summed E-state index contributed by atoms with van der Waals surface area (Å²) < 4.78 is 0. The zero-order valence-corrected chi connectivity index (χ0v) is 10.2. The lowest BCUT2D eigenvalue weighted by atomic mass is 10.1. The van der Waals surface area contributed by atoms with Gasteiger partial charge in [-0.15, -0.1) is 0 Å². The molecule has 4 heteroatoms. The van der Waals surface area contributed by atoms with Gasteiger partial charge in [0.15, 0.2) is 0 Å². The molecule has 0 saturated carbocycles. The molecule has 0 bridgehead atoms. The van der Waals surface area contributed by atoms with E-state index in [1.165, 1.54) is 0 Å². The minimum absolute atomic E-state index is 0.648. The highest BCUT2D eigenvalue weighted by Gasteiger charge is 2.04. The Morgan fingerprint density at radius 3 is 2.88 bits per heavy atom. The zero-order chi connectivity index (χ0) is 11.4. The maximum absolute atomic E-state index is 5.89. The van der Waals surface area contributed by atoms with Gasteiger partial charge in [-0.1, -0.05) is 27.8 Å². The maximum atomic E-state index is 5.89. The molecule has 1 heterocycles. The van der Waals surface area contributed by atoms with Crippen molar-refractivity contribution < 1.29 is 0 Å². The number of hydrogen-bond donors (Lipinski definition) is 1. The van der Waals surface area contributed by atoms with E-state index in [0.717, 1.165) is 28.3 Å². The quantitative estimate of drug-likeness (QED) is 0.494. The van der Waals surface area contributed by atoms with Crippen molar-refractivity contribution >= 4 is 32.7 Å². The number of aromatic nitrogens is 2. The van der Waals surface area contributed by atoms with Gasteiger partial charge in [0.2, 0.25) is 0 Å². The molecule has 0 fully saturated rings. The van der Waals surface area contributed by atoms with E-state index in [0.29, 0.717) is 5.69 Å². The average molecular weight is 276 g/mol. The molecule has 0 saturated heterocycles. The third-order valence-corrected chi connectivity index (χ3v) is 2.50. The number of fused-ring (bicyclic) bond motifs is 1. The fourth-order valence-corrected chi connectivity index (χ4v) is 1.58. The van der Waals surface area contributed by atoms with Gasteiger partial charge in [-0.3, -0.25) is 9.97 Å². The van der Waals surface area contributed by atoms with Crippen molar-refractivity contribution in [2.24, 2.45) is 0 Å². The standard InChI is InChI=1S/C12H10BrN3/c13-6-2-1-3-9-10(14)4-5-11-12(9)16-8-7-15-11/h4-5,7-8H,2,6,14H2. The third kappa shape index (κ3) is 2.15. The van der Waals surface area contributed by atoms with Crippen LogP contribution >= 0.6 is 15.9 Å². The van der Waals surface area contributed by atoms with Crippen molar-refractivity contribution in [2.45, 2.75) is 6.42 Å². The topological polar surface area (TPSA) is 51.8 Å². The van der Waals surface area contributed by atoms with Crippen LogP contribution in [0.1, 0.15) is 12.0 Å². The molecule has 2 aromatic rings. The molecular formula is C12H10BrN3. The Labute approximate surface area is 102 Å². The summed E-state index contributed by atoms with van der Waals surface area (Å²) in [6.07, 6.45) is 4.10. The number of nitrogens with two attached hydrogens (primary N) is 1. The summed E-state index contributed by atoms with van der Waals surface area (Å²) in [5.41, 5.74) is 8.89. The lowest BCUT2D eigenvalue weighted by Crippen LogP contribution is -1.94. The van der Waals surface area contributed by atoms with Gasteiger partial charge in [0.05, 0.1) is 11.1 Å². The molecule has 0 radical (unpaired) electrons. The summed E-state index contributed by atoms with van der Waals surface area (Å²) in [6, 6.07) is 3.67. The first-order chi connectivity index (χ1) is 7.83. The van der Waals surface area contributed by atoms with Crippen LogP contribution in [0.4, 0.5) is 5.69 Å². The molecule has 1 aromatic carbocycles. The van der Waals surface area contributed by atoms with E-state index in [4.69, 9.17) is 5.73 Å². The van der Waals surface area contributed by atoms with E-state index in [9.17, 15) is 0 Å².